The Labute approximate surface area is 105 Å². The fourth-order valence-electron chi connectivity index (χ4n) is 3.10. The zero-order chi connectivity index (χ0) is 11.8. The largest absolute Gasteiger partial charge is 0.0688 e. The molecule has 88 valence electrons. The van der Waals surface area contributed by atoms with Crippen LogP contribution in [0.5, 0.6) is 0 Å². The van der Waals surface area contributed by atoms with Gasteiger partial charge >= 0.3 is 0 Å². The van der Waals surface area contributed by atoms with E-state index in [9.17, 15) is 0 Å². The van der Waals surface area contributed by atoms with Gasteiger partial charge in [0.2, 0.25) is 0 Å². The van der Waals surface area contributed by atoms with Crippen molar-refractivity contribution in [2.75, 3.05) is 0 Å². The predicted molar refractivity (Wildman–Crippen MR) is 78.7 cm³/mol. The first kappa shape index (κ1) is 11.2. The van der Waals surface area contributed by atoms with Gasteiger partial charge in [0, 0.05) is 0 Å². The maximum absolute atomic E-state index is 2.44. The number of hydrogen-bond acceptors (Lipinski definition) is 0. The van der Waals surface area contributed by atoms with Crippen molar-refractivity contribution in [2.45, 2.75) is 38.0 Å². The first-order valence-corrected chi connectivity index (χ1v) is 8.01. The summed E-state index contributed by atoms with van der Waals surface area (Å²) in [5.74, 6) is 0. The van der Waals surface area contributed by atoms with E-state index in [1.807, 2.05) is 0 Å². The Balaban J connectivity index is 2.17. The molecule has 2 aromatic rings. The van der Waals surface area contributed by atoms with E-state index in [0.29, 0.717) is 0 Å². The summed E-state index contributed by atoms with van der Waals surface area (Å²) in [7, 11) is 0.0376. The van der Waals surface area contributed by atoms with Crippen molar-refractivity contribution in [2.24, 2.45) is 0 Å². The molecule has 0 N–H and O–H groups in total. The number of benzene rings is 2. The van der Waals surface area contributed by atoms with Crippen LogP contribution in [0.15, 0.2) is 42.5 Å². The molecule has 0 aromatic heterocycles. The van der Waals surface area contributed by atoms with Crippen molar-refractivity contribution < 1.29 is 0 Å². The second kappa shape index (κ2) is 4.42. The summed E-state index contributed by atoms with van der Waals surface area (Å²) < 4.78 is 0. The smallest absolute Gasteiger partial charge is 0.0107 e. The molecule has 0 saturated carbocycles. The zero-order valence-corrected chi connectivity index (χ0v) is 11.5. The highest BCUT2D eigenvalue weighted by atomic mass is 31.1. The molecule has 1 heteroatoms. The van der Waals surface area contributed by atoms with Gasteiger partial charge in [-0.15, -0.1) is 0 Å². The number of fused-ring (bicyclic) bond motifs is 1. The summed E-state index contributed by atoms with van der Waals surface area (Å²) in [6.45, 7) is 4.88. The van der Waals surface area contributed by atoms with Crippen LogP contribution in [0.2, 0.25) is 0 Å². The second-order valence-electron chi connectivity index (χ2n) is 5.18. The molecule has 2 aromatic carbocycles. The minimum absolute atomic E-state index is 0.0376. The average Bonchev–Trinajstić information content (AvgIpc) is 2.69. The van der Waals surface area contributed by atoms with E-state index in [1.54, 1.807) is 5.30 Å². The third-order valence-corrected chi connectivity index (χ3v) is 7.36. The molecule has 1 aliphatic rings. The lowest BCUT2D eigenvalue weighted by Crippen LogP contribution is -2.11. The molecule has 1 heterocycles. The van der Waals surface area contributed by atoms with Gasteiger partial charge in [0.05, 0.1) is 0 Å². The zero-order valence-electron chi connectivity index (χ0n) is 10.6. The SMILES string of the molecule is C[C@H]1CC[C@H](C)P1c1cccc2ccccc12. The molecule has 0 bridgehead atoms. The molecular formula is C16H19P. The molecule has 0 nitrogen and oxygen atoms in total. The van der Waals surface area contributed by atoms with E-state index in [4.69, 9.17) is 0 Å². The highest BCUT2D eigenvalue weighted by Crippen LogP contribution is 2.55. The van der Waals surface area contributed by atoms with Crippen LogP contribution in [-0.2, 0) is 0 Å². The fraction of sp³-hybridized carbons (Fsp3) is 0.375. The van der Waals surface area contributed by atoms with Crippen molar-refractivity contribution >= 4 is 24.0 Å². The molecule has 1 saturated heterocycles. The summed E-state index contributed by atoms with van der Waals surface area (Å²) in [6.07, 6.45) is 2.83. The maximum atomic E-state index is 2.44. The Morgan fingerprint density at radius 3 is 2.29 bits per heavy atom. The highest BCUT2D eigenvalue weighted by molar-refractivity contribution is 7.67. The van der Waals surface area contributed by atoms with Gasteiger partial charge in [-0.1, -0.05) is 64.2 Å². The van der Waals surface area contributed by atoms with Gasteiger partial charge < -0.3 is 0 Å². The molecule has 17 heavy (non-hydrogen) atoms. The van der Waals surface area contributed by atoms with E-state index >= 15 is 0 Å². The molecule has 0 radical (unpaired) electrons. The van der Waals surface area contributed by atoms with Crippen LogP contribution in [-0.4, -0.2) is 11.3 Å². The summed E-state index contributed by atoms with van der Waals surface area (Å²) in [6, 6.07) is 15.7. The predicted octanol–water partition coefficient (Wildman–Crippen LogP) is 4.52. The van der Waals surface area contributed by atoms with Gasteiger partial charge in [0.1, 0.15) is 0 Å². The molecular weight excluding hydrogens is 223 g/mol. The molecule has 0 amide bonds. The fourth-order valence-corrected chi connectivity index (χ4v) is 6.52. The molecule has 0 aliphatic carbocycles. The van der Waals surface area contributed by atoms with Crippen molar-refractivity contribution in [1.29, 1.82) is 0 Å². The van der Waals surface area contributed by atoms with Crippen LogP contribution in [0, 0.1) is 0 Å². The van der Waals surface area contributed by atoms with E-state index in [-0.39, 0.29) is 7.92 Å². The van der Waals surface area contributed by atoms with Crippen LogP contribution in [0.25, 0.3) is 10.8 Å². The van der Waals surface area contributed by atoms with Crippen LogP contribution >= 0.6 is 7.92 Å². The standard InChI is InChI=1S/C16H19P/c1-12-10-11-13(2)17(12)16-9-5-7-14-6-3-4-8-15(14)16/h3-9,12-13H,10-11H2,1-2H3/t12-,13-/m0/s1. The minimum Gasteiger partial charge on any atom is -0.0688 e. The number of hydrogen-bond donors (Lipinski definition) is 0. The topological polar surface area (TPSA) is 0 Å². The molecule has 1 fully saturated rings. The van der Waals surface area contributed by atoms with Gasteiger partial charge in [0.15, 0.2) is 0 Å². The minimum atomic E-state index is 0.0376. The molecule has 1 aliphatic heterocycles. The van der Waals surface area contributed by atoms with Crippen LogP contribution in [0.3, 0.4) is 0 Å². The first-order valence-electron chi connectivity index (χ1n) is 6.53. The molecule has 0 unspecified atom stereocenters. The Morgan fingerprint density at radius 1 is 0.882 bits per heavy atom. The molecule has 2 atom stereocenters. The summed E-state index contributed by atoms with van der Waals surface area (Å²) in [4.78, 5) is 0. The van der Waals surface area contributed by atoms with Gasteiger partial charge in [-0.05, 0) is 40.2 Å². The van der Waals surface area contributed by atoms with E-state index in [1.165, 1.54) is 23.6 Å². The summed E-state index contributed by atoms with van der Waals surface area (Å²) in [5.41, 5.74) is 1.79. The van der Waals surface area contributed by atoms with Crippen molar-refractivity contribution in [3.05, 3.63) is 42.5 Å². The van der Waals surface area contributed by atoms with Crippen LogP contribution < -0.4 is 5.30 Å². The lowest BCUT2D eigenvalue weighted by molar-refractivity contribution is 0.777. The second-order valence-corrected chi connectivity index (χ2v) is 8.24. The normalized spacial score (nSPS) is 25.5. The van der Waals surface area contributed by atoms with Gasteiger partial charge in [-0.25, -0.2) is 0 Å². The van der Waals surface area contributed by atoms with Crippen LogP contribution in [0.4, 0.5) is 0 Å². The Bertz CT molecular complexity index is 517. The summed E-state index contributed by atoms with van der Waals surface area (Å²) in [5, 5.41) is 4.52. The molecule has 3 rings (SSSR count). The van der Waals surface area contributed by atoms with Gasteiger partial charge in [-0.2, -0.15) is 0 Å². The lowest BCUT2D eigenvalue weighted by atomic mass is 10.1. The maximum Gasteiger partial charge on any atom is -0.0107 e. The third kappa shape index (κ3) is 1.89. The average molecular weight is 242 g/mol. The quantitative estimate of drug-likeness (QED) is 0.645. The van der Waals surface area contributed by atoms with E-state index in [0.717, 1.165) is 11.3 Å². The third-order valence-electron chi connectivity index (χ3n) is 4.00. The van der Waals surface area contributed by atoms with Crippen molar-refractivity contribution in [3.63, 3.8) is 0 Å². The summed E-state index contributed by atoms with van der Waals surface area (Å²) >= 11 is 0. The monoisotopic (exact) mass is 242 g/mol. The van der Waals surface area contributed by atoms with Gasteiger partial charge in [-0.3, -0.25) is 0 Å². The number of rotatable bonds is 1. The Kier molecular flexibility index (Phi) is 2.92. The Morgan fingerprint density at radius 2 is 1.53 bits per heavy atom. The lowest BCUT2D eigenvalue weighted by Gasteiger charge is -2.23. The molecule has 0 spiro atoms. The van der Waals surface area contributed by atoms with Crippen LogP contribution in [0.1, 0.15) is 26.7 Å². The van der Waals surface area contributed by atoms with E-state index in [2.05, 4.69) is 56.3 Å². The van der Waals surface area contributed by atoms with E-state index < -0.39 is 0 Å². The Hall–Kier alpha value is -0.870. The van der Waals surface area contributed by atoms with Gasteiger partial charge in [0.25, 0.3) is 0 Å². The van der Waals surface area contributed by atoms with Crippen molar-refractivity contribution in [1.82, 2.24) is 0 Å². The highest BCUT2D eigenvalue weighted by Gasteiger charge is 2.31. The van der Waals surface area contributed by atoms with Crippen molar-refractivity contribution in [3.8, 4) is 0 Å². The first-order chi connectivity index (χ1) is 8.27.